The van der Waals surface area contributed by atoms with Crippen molar-refractivity contribution in [2.45, 2.75) is 106 Å². The molecule has 2 aliphatic rings. The van der Waals surface area contributed by atoms with Gasteiger partial charge in [0.1, 0.15) is 49.0 Å². The van der Waals surface area contributed by atoms with Crippen LogP contribution in [-0.4, -0.2) is 158 Å². The van der Waals surface area contributed by atoms with Crippen molar-refractivity contribution in [3.63, 3.8) is 0 Å². The fourth-order valence-corrected chi connectivity index (χ4v) is 4.53. The number of aliphatic hydroxyl groups is 7. The third-order valence-electron chi connectivity index (χ3n) is 6.79. The van der Waals surface area contributed by atoms with Crippen molar-refractivity contribution in [2.24, 2.45) is 5.73 Å². The van der Waals surface area contributed by atoms with Gasteiger partial charge in [-0.15, -0.1) is 0 Å². The lowest BCUT2D eigenvalue weighted by molar-refractivity contribution is -0.337. The smallest absolute Gasteiger partial charge is 0.364 e. The molecule has 0 bridgehead atoms. The van der Waals surface area contributed by atoms with Crippen molar-refractivity contribution >= 4 is 30.8 Å². The number of nitrogens with two attached hydrogens (primary N) is 1. The van der Waals surface area contributed by atoms with Gasteiger partial charge in [0, 0.05) is 26.0 Å². The molecule has 252 valence electrons. The second kappa shape index (κ2) is 19.8. The van der Waals surface area contributed by atoms with Crippen molar-refractivity contribution in [3.05, 3.63) is 0 Å². The number of carbonyl (C=O) groups excluding carboxylic acids is 2. The van der Waals surface area contributed by atoms with Gasteiger partial charge in [0.05, 0.1) is 25.4 Å². The molecule has 0 aromatic carbocycles. The quantitative estimate of drug-likeness (QED) is 0.0429. The summed E-state index contributed by atoms with van der Waals surface area (Å²) in [5.74, 6) is -3.98. The van der Waals surface area contributed by atoms with Gasteiger partial charge in [0.2, 0.25) is 5.91 Å². The summed E-state index contributed by atoms with van der Waals surface area (Å²) in [5, 5.41) is 83.1. The standard InChI is InChI=1S/C23H42N2O14S.C2H4O/c24-15-11(27)8-23(22(34)35,39-20(15)16(30)12(28)9-26)37-10-13-17(31)18(32)19(33)21(38-13)36-6-3-1-2-5-25-14(29)4-7-40;1-2-3/h11-13,15-21,26-28,30-33,40H,1-10,24H2,(H,25,29)(H,34,35);2H,1H3/t11-,12-,13?,15-,16-,17+,18+,19?,20?,21+,23-;/m1./s1. The second-order valence-corrected chi connectivity index (χ2v) is 10.5. The zero-order valence-electron chi connectivity index (χ0n) is 23.9. The molecule has 18 heteroatoms. The molecule has 0 aromatic rings. The number of hydrogen-bond acceptors (Lipinski definition) is 16. The monoisotopic (exact) mass is 646 g/mol. The molecule has 17 nitrogen and oxygen atoms in total. The number of carbonyl (C=O) groups is 3. The summed E-state index contributed by atoms with van der Waals surface area (Å²) in [7, 11) is 0. The van der Waals surface area contributed by atoms with Gasteiger partial charge >= 0.3 is 5.97 Å². The number of nitrogens with one attached hydrogen (secondary N) is 1. The van der Waals surface area contributed by atoms with E-state index in [0.717, 1.165) is 6.29 Å². The first kappa shape index (κ1) is 39.5. The van der Waals surface area contributed by atoms with E-state index in [9.17, 15) is 45.3 Å². The highest BCUT2D eigenvalue weighted by molar-refractivity contribution is 7.80. The van der Waals surface area contributed by atoms with Crippen LogP contribution in [-0.2, 0) is 33.3 Å². The molecule has 11 atom stereocenters. The Hall–Kier alpha value is -1.52. The summed E-state index contributed by atoms with van der Waals surface area (Å²) in [6.45, 7) is 0.392. The summed E-state index contributed by atoms with van der Waals surface area (Å²) >= 11 is 3.98. The fraction of sp³-hybridized carbons (Fsp3) is 0.880. The van der Waals surface area contributed by atoms with E-state index in [4.69, 9.17) is 34.6 Å². The molecule has 0 aromatic heterocycles. The third-order valence-corrected chi connectivity index (χ3v) is 7.01. The van der Waals surface area contributed by atoms with Crippen molar-refractivity contribution in [1.82, 2.24) is 5.32 Å². The van der Waals surface area contributed by atoms with E-state index in [0.29, 0.717) is 38.0 Å². The van der Waals surface area contributed by atoms with Gasteiger partial charge in [-0.3, -0.25) is 4.79 Å². The Kier molecular flexibility index (Phi) is 18.2. The second-order valence-electron chi connectivity index (χ2n) is 10.0. The number of unbranched alkanes of at least 4 members (excludes halogenated alkanes) is 2. The molecule has 2 aliphatic heterocycles. The molecule has 1 amide bonds. The molecule has 43 heavy (non-hydrogen) atoms. The van der Waals surface area contributed by atoms with Gasteiger partial charge in [-0.05, 0) is 31.9 Å². The van der Waals surface area contributed by atoms with Crippen molar-refractivity contribution in [2.75, 3.05) is 32.1 Å². The summed E-state index contributed by atoms with van der Waals surface area (Å²) in [6, 6.07) is -1.34. The van der Waals surface area contributed by atoms with E-state index >= 15 is 0 Å². The lowest BCUT2D eigenvalue weighted by atomic mass is 9.89. The minimum Gasteiger partial charge on any atom is -0.477 e. The highest BCUT2D eigenvalue weighted by Crippen LogP contribution is 2.34. The molecule has 2 saturated heterocycles. The Morgan fingerprint density at radius 1 is 1.14 bits per heavy atom. The molecule has 3 unspecified atom stereocenters. The molecular weight excluding hydrogens is 600 g/mol. The van der Waals surface area contributed by atoms with Crippen LogP contribution >= 0.6 is 12.6 Å². The maximum Gasteiger partial charge on any atom is 0.364 e. The first-order chi connectivity index (χ1) is 20.3. The summed E-state index contributed by atoms with van der Waals surface area (Å²) in [4.78, 5) is 32.4. The number of carboxylic acid groups (broad SMARTS) is 1. The number of thiol groups is 1. The Morgan fingerprint density at radius 3 is 2.37 bits per heavy atom. The molecule has 0 saturated carbocycles. The molecule has 0 radical (unpaired) electrons. The molecule has 2 fully saturated rings. The number of hydrogen-bond donors (Lipinski definition) is 11. The Labute approximate surface area is 254 Å². The van der Waals surface area contributed by atoms with Gasteiger partial charge in [-0.1, -0.05) is 0 Å². The molecule has 2 heterocycles. The average molecular weight is 647 g/mol. The Morgan fingerprint density at radius 2 is 1.79 bits per heavy atom. The van der Waals surface area contributed by atoms with Crippen LogP contribution in [0, 0.1) is 0 Å². The van der Waals surface area contributed by atoms with Crippen LogP contribution in [0.5, 0.6) is 0 Å². The minimum absolute atomic E-state index is 0.0964. The molecular formula is C25H46N2O15S. The van der Waals surface area contributed by atoms with Crippen molar-refractivity contribution in [3.8, 4) is 0 Å². The summed E-state index contributed by atoms with van der Waals surface area (Å²) in [6.07, 6.45) is -12.6. The number of rotatable bonds is 16. The number of aldehydes is 1. The Bertz CT molecular complexity index is 844. The average Bonchev–Trinajstić information content (AvgIpc) is 2.97. The number of aliphatic carboxylic acids is 1. The molecule has 0 aliphatic carbocycles. The lowest BCUT2D eigenvalue weighted by Gasteiger charge is -2.46. The van der Waals surface area contributed by atoms with Crippen LogP contribution in [0.2, 0.25) is 0 Å². The van der Waals surface area contributed by atoms with Crippen LogP contribution < -0.4 is 11.1 Å². The first-order valence-electron chi connectivity index (χ1n) is 13.8. The van der Waals surface area contributed by atoms with E-state index in [2.05, 4.69) is 17.9 Å². The van der Waals surface area contributed by atoms with Gasteiger partial charge in [0.15, 0.2) is 6.29 Å². The molecule has 0 spiro atoms. The maximum atomic E-state index is 12.2. The Balaban J connectivity index is 0.00000295. The van der Waals surface area contributed by atoms with Gasteiger partial charge < -0.3 is 75.6 Å². The van der Waals surface area contributed by atoms with Crippen LogP contribution in [0.1, 0.15) is 39.0 Å². The predicted molar refractivity (Wildman–Crippen MR) is 149 cm³/mol. The van der Waals surface area contributed by atoms with E-state index < -0.39 is 92.6 Å². The first-order valence-corrected chi connectivity index (χ1v) is 14.5. The zero-order valence-corrected chi connectivity index (χ0v) is 24.8. The largest absolute Gasteiger partial charge is 0.477 e. The molecule has 11 N–H and O–H groups in total. The van der Waals surface area contributed by atoms with E-state index in [1.54, 1.807) is 0 Å². The van der Waals surface area contributed by atoms with Crippen molar-refractivity contribution < 1.29 is 74.2 Å². The predicted octanol–water partition coefficient (Wildman–Crippen LogP) is -4.39. The minimum atomic E-state index is -2.61. The number of carboxylic acids is 1. The summed E-state index contributed by atoms with van der Waals surface area (Å²) < 4.78 is 21.9. The van der Waals surface area contributed by atoms with Crippen LogP contribution in [0.15, 0.2) is 0 Å². The van der Waals surface area contributed by atoms with Gasteiger partial charge in [-0.2, -0.15) is 12.6 Å². The third kappa shape index (κ3) is 11.7. The van der Waals surface area contributed by atoms with E-state index in [1.807, 2.05) is 0 Å². The van der Waals surface area contributed by atoms with Gasteiger partial charge in [0.25, 0.3) is 5.79 Å². The van der Waals surface area contributed by atoms with Gasteiger partial charge in [-0.25, -0.2) is 4.79 Å². The fourth-order valence-electron chi connectivity index (χ4n) is 4.32. The van der Waals surface area contributed by atoms with E-state index in [1.165, 1.54) is 6.92 Å². The van der Waals surface area contributed by atoms with Crippen LogP contribution in [0.25, 0.3) is 0 Å². The number of ether oxygens (including phenoxy) is 4. The zero-order chi connectivity index (χ0) is 32.7. The topological polar surface area (TPSA) is 288 Å². The van der Waals surface area contributed by atoms with Crippen LogP contribution in [0.3, 0.4) is 0 Å². The molecule has 2 rings (SSSR count). The highest BCUT2D eigenvalue weighted by atomic mass is 32.1. The van der Waals surface area contributed by atoms with Crippen LogP contribution in [0.4, 0.5) is 0 Å². The maximum absolute atomic E-state index is 12.2. The number of amides is 1. The number of aliphatic hydroxyl groups excluding tert-OH is 7. The highest BCUT2D eigenvalue weighted by Gasteiger charge is 2.55. The lowest BCUT2D eigenvalue weighted by Crippen LogP contribution is -2.67. The normalized spacial score (nSPS) is 33.9. The van der Waals surface area contributed by atoms with E-state index in [-0.39, 0.29) is 12.5 Å². The SMILES string of the molecule is CC=O.N[C@H]1C([C@H](O)[C@H](O)CO)O[C@@](OCC2O[C@H](OCCCCCNC(=O)CCS)C(O)[C@@H](O)[C@H]2O)(C(=O)O)C[C@H]1O. The van der Waals surface area contributed by atoms with Crippen molar-refractivity contribution in [1.29, 1.82) is 0 Å². The summed E-state index contributed by atoms with van der Waals surface area (Å²) in [5.41, 5.74) is 5.82.